The first-order chi connectivity index (χ1) is 8.50. The first kappa shape index (κ1) is 15.5. The zero-order chi connectivity index (χ0) is 13.6. The molecule has 0 saturated heterocycles. The maximum Gasteiger partial charge on any atom is 0.142 e. The highest BCUT2D eigenvalue weighted by Gasteiger charge is 2.22. The van der Waals surface area contributed by atoms with Gasteiger partial charge in [-0.1, -0.05) is 38.4 Å². The van der Waals surface area contributed by atoms with Crippen LogP contribution in [0.15, 0.2) is 18.2 Å². The van der Waals surface area contributed by atoms with Gasteiger partial charge in [0.25, 0.3) is 0 Å². The summed E-state index contributed by atoms with van der Waals surface area (Å²) in [5.74, 6) is -0.325. The molecule has 3 heteroatoms. The summed E-state index contributed by atoms with van der Waals surface area (Å²) in [6, 6.07) is 5.11. The SMILES string of the molecule is CCCNCC(C)(CC)Cc1ccc(Cl)c(F)c1. The largest absolute Gasteiger partial charge is 0.316 e. The minimum Gasteiger partial charge on any atom is -0.316 e. The molecular formula is C15H23ClFN. The van der Waals surface area contributed by atoms with Crippen LogP contribution in [0, 0.1) is 11.2 Å². The van der Waals surface area contributed by atoms with Gasteiger partial charge in [0.2, 0.25) is 0 Å². The fourth-order valence-corrected chi connectivity index (χ4v) is 2.14. The van der Waals surface area contributed by atoms with Crippen molar-refractivity contribution in [3.8, 4) is 0 Å². The lowest BCUT2D eigenvalue weighted by Crippen LogP contribution is -2.33. The summed E-state index contributed by atoms with van der Waals surface area (Å²) in [6.07, 6.45) is 3.07. The van der Waals surface area contributed by atoms with E-state index < -0.39 is 0 Å². The van der Waals surface area contributed by atoms with Gasteiger partial charge >= 0.3 is 0 Å². The average Bonchev–Trinajstić information content (AvgIpc) is 2.34. The Morgan fingerprint density at radius 1 is 1.33 bits per heavy atom. The molecule has 0 heterocycles. The van der Waals surface area contributed by atoms with E-state index in [0.717, 1.165) is 37.9 Å². The second kappa shape index (κ2) is 7.10. The Morgan fingerprint density at radius 2 is 2.06 bits per heavy atom. The van der Waals surface area contributed by atoms with E-state index in [-0.39, 0.29) is 16.3 Å². The highest BCUT2D eigenvalue weighted by Crippen LogP contribution is 2.27. The van der Waals surface area contributed by atoms with E-state index in [0.29, 0.717) is 0 Å². The summed E-state index contributed by atoms with van der Waals surface area (Å²) in [4.78, 5) is 0. The second-order valence-corrected chi connectivity index (χ2v) is 5.67. The molecule has 1 N–H and O–H groups in total. The van der Waals surface area contributed by atoms with E-state index in [1.165, 1.54) is 0 Å². The molecule has 1 rings (SSSR count). The molecule has 0 spiro atoms. The summed E-state index contributed by atoms with van der Waals surface area (Å²) >= 11 is 5.70. The van der Waals surface area contributed by atoms with Gasteiger partial charge in [0.05, 0.1) is 5.02 Å². The normalized spacial score (nSPS) is 14.5. The molecule has 1 aromatic carbocycles. The third kappa shape index (κ3) is 4.58. The molecule has 1 unspecified atom stereocenters. The van der Waals surface area contributed by atoms with Crippen LogP contribution in [-0.4, -0.2) is 13.1 Å². The number of halogens is 2. The van der Waals surface area contributed by atoms with Gasteiger partial charge in [-0.2, -0.15) is 0 Å². The van der Waals surface area contributed by atoms with Crippen molar-refractivity contribution in [2.45, 2.75) is 40.0 Å². The lowest BCUT2D eigenvalue weighted by molar-refractivity contribution is 0.290. The number of hydrogen-bond acceptors (Lipinski definition) is 1. The van der Waals surface area contributed by atoms with Gasteiger partial charge in [0.15, 0.2) is 0 Å². The predicted octanol–water partition coefficient (Wildman–Crippen LogP) is 4.44. The number of benzene rings is 1. The second-order valence-electron chi connectivity index (χ2n) is 5.27. The smallest absolute Gasteiger partial charge is 0.142 e. The molecular weight excluding hydrogens is 249 g/mol. The van der Waals surface area contributed by atoms with Crippen molar-refractivity contribution in [3.63, 3.8) is 0 Å². The first-order valence-corrected chi connectivity index (χ1v) is 7.03. The quantitative estimate of drug-likeness (QED) is 0.723. The van der Waals surface area contributed by atoms with Crippen LogP contribution in [0.3, 0.4) is 0 Å². The van der Waals surface area contributed by atoms with Crippen LogP contribution in [-0.2, 0) is 6.42 Å². The van der Waals surface area contributed by atoms with Crippen molar-refractivity contribution < 1.29 is 4.39 Å². The molecule has 0 aliphatic heterocycles. The van der Waals surface area contributed by atoms with E-state index in [4.69, 9.17) is 11.6 Å². The van der Waals surface area contributed by atoms with Gasteiger partial charge in [-0.25, -0.2) is 4.39 Å². The lowest BCUT2D eigenvalue weighted by Gasteiger charge is -2.29. The van der Waals surface area contributed by atoms with Crippen molar-refractivity contribution in [2.24, 2.45) is 5.41 Å². The maximum atomic E-state index is 13.4. The molecule has 0 fully saturated rings. The predicted molar refractivity (Wildman–Crippen MR) is 76.7 cm³/mol. The van der Waals surface area contributed by atoms with Crippen LogP contribution in [0.1, 0.15) is 39.2 Å². The zero-order valence-electron chi connectivity index (χ0n) is 11.5. The molecule has 0 bridgehead atoms. The topological polar surface area (TPSA) is 12.0 Å². The molecule has 1 nitrogen and oxygen atoms in total. The fraction of sp³-hybridized carbons (Fsp3) is 0.600. The third-order valence-electron chi connectivity index (χ3n) is 3.45. The van der Waals surface area contributed by atoms with Crippen molar-refractivity contribution >= 4 is 11.6 Å². The maximum absolute atomic E-state index is 13.4. The number of nitrogens with one attached hydrogen (secondary N) is 1. The highest BCUT2D eigenvalue weighted by molar-refractivity contribution is 6.30. The van der Waals surface area contributed by atoms with E-state index in [9.17, 15) is 4.39 Å². The van der Waals surface area contributed by atoms with E-state index in [2.05, 4.69) is 26.1 Å². The molecule has 0 aromatic heterocycles. The summed E-state index contributed by atoms with van der Waals surface area (Å²) in [6.45, 7) is 8.57. The molecule has 102 valence electrons. The van der Waals surface area contributed by atoms with Crippen molar-refractivity contribution in [2.75, 3.05) is 13.1 Å². The molecule has 1 aromatic rings. The van der Waals surface area contributed by atoms with Crippen LogP contribution in [0.4, 0.5) is 4.39 Å². The summed E-state index contributed by atoms with van der Waals surface area (Å²) < 4.78 is 13.4. The molecule has 0 saturated carbocycles. The standard InChI is InChI=1S/C15H23ClFN/c1-4-8-18-11-15(3,5-2)10-12-6-7-13(16)14(17)9-12/h6-7,9,18H,4-5,8,10-11H2,1-3H3. The number of hydrogen-bond donors (Lipinski definition) is 1. The average molecular weight is 272 g/mol. The Kier molecular flexibility index (Phi) is 6.10. The van der Waals surface area contributed by atoms with Crippen LogP contribution < -0.4 is 5.32 Å². The Morgan fingerprint density at radius 3 is 2.61 bits per heavy atom. The Hall–Kier alpha value is -0.600. The number of rotatable bonds is 7. The van der Waals surface area contributed by atoms with Crippen molar-refractivity contribution in [1.29, 1.82) is 0 Å². The summed E-state index contributed by atoms with van der Waals surface area (Å²) in [7, 11) is 0. The van der Waals surface area contributed by atoms with Crippen molar-refractivity contribution in [3.05, 3.63) is 34.6 Å². The van der Waals surface area contributed by atoms with Gasteiger partial charge in [-0.3, -0.25) is 0 Å². The van der Waals surface area contributed by atoms with E-state index in [1.807, 2.05) is 6.07 Å². The molecule has 0 aliphatic carbocycles. The van der Waals surface area contributed by atoms with Gasteiger partial charge in [-0.05, 0) is 48.9 Å². The summed E-state index contributed by atoms with van der Waals surface area (Å²) in [5.41, 5.74) is 1.18. The minimum absolute atomic E-state index is 0.162. The van der Waals surface area contributed by atoms with Gasteiger partial charge in [-0.15, -0.1) is 0 Å². The monoisotopic (exact) mass is 271 g/mol. The van der Waals surface area contributed by atoms with E-state index >= 15 is 0 Å². The molecule has 1 atom stereocenters. The molecule has 0 amide bonds. The molecule has 0 radical (unpaired) electrons. The fourth-order valence-electron chi connectivity index (χ4n) is 2.02. The Bertz CT molecular complexity index is 381. The van der Waals surface area contributed by atoms with Crippen LogP contribution >= 0.6 is 11.6 Å². The van der Waals surface area contributed by atoms with Gasteiger partial charge in [0.1, 0.15) is 5.82 Å². The van der Waals surface area contributed by atoms with Crippen LogP contribution in [0.25, 0.3) is 0 Å². The Balaban J connectivity index is 2.68. The summed E-state index contributed by atoms with van der Waals surface area (Å²) in [5, 5.41) is 3.65. The minimum atomic E-state index is -0.325. The highest BCUT2D eigenvalue weighted by atomic mass is 35.5. The molecule has 18 heavy (non-hydrogen) atoms. The van der Waals surface area contributed by atoms with Gasteiger partial charge in [0, 0.05) is 6.54 Å². The van der Waals surface area contributed by atoms with Crippen molar-refractivity contribution in [1.82, 2.24) is 5.32 Å². The molecule has 0 aliphatic rings. The third-order valence-corrected chi connectivity index (χ3v) is 3.75. The first-order valence-electron chi connectivity index (χ1n) is 6.65. The lowest BCUT2D eigenvalue weighted by atomic mass is 9.81. The Labute approximate surface area is 115 Å². The van der Waals surface area contributed by atoms with Gasteiger partial charge < -0.3 is 5.32 Å². The van der Waals surface area contributed by atoms with Crippen LogP contribution in [0.5, 0.6) is 0 Å². The van der Waals surface area contributed by atoms with Crippen LogP contribution in [0.2, 0.25) is 5.02 Å². The van der Waals surface area contributed by atoms with E-state index in [1.54, 1.807) is 12.1 Å². The zero-order valence-corrected chi connectivity index (χ0v) is 12.3.